The Bertz CT molecular complexity index is 680. The van der Waals surface area contributed by atoms with Gasteiger partial charge in [0.2, 0.25) is 5.75 Å². The molecule has 1 N–H and O–H groups in total. The van der Waals surface area contributed by atoms with Gasteiger partial charge in [0.1, 0.15) is 17.0 Å². The predicted octanol–water partition coefficient (Wildman–Crippen LogP) is 4.34. The van der Waals surface area contributed by atoms with Crippen LogP contribution < -0.4 is 14.2 Å². The van der Waals surface area contributed by atoms with Gasteiger partial charge in [0.25, 0.3) is 0 Å². The first kappa shape index (κ1) is 21.4. The zero-order valence-corrected chi connectivity index (χ0v) is 16.4. The van der Waals surface area contributed by atoms with E-state index in [1.807, 2.05) is 0 Å². The zero-order valence-electron chi connectivity index (χ0n) is 16.4. The number of hydrogen-bond acceptors (Lipinski definition) is 8. The van der Waals surface area contributed by atoms with Crippen molar-refractivity contribution in [2.75, 3.05) is 7.11 Å². The van der Waals surface area contributed by atoms with Crippen molar-refractivity contribution in [2.45, 2.75) is 59.7 Å². The maximum atomic E-state index is 11.9. The van der Waals surface area contributed by atoms with Gasteiger partial charge in [-0.3, -0.25) is 0 Å². The maximum absolute atomic E-state index is 11.9. The first-order valence-corrected chi connectivity index (χ1v) is 7.95. The van der Waals surface area contributed by atoms with Crippen molar-refractivity contribution in [3.05, 3.63) is 11.6 Å². The van der Waals surface area contributed by atoms with E-state index in [1.165, 1.54) is 20.1 Å². The lowest BCUT2D eigenvalue weighted by molar-refractivity contribution is 0.0196. The highest BCUT2D eigenvalue weighted by molar-refractivity contribution is 5.72. The van der Waals surface area contributed by atoms with E-state index in [4.69, 9.17) is 23.7 Å². The summed E-state index contributed by atoms with van der Waals surface area (Å²) in [7, 11) is 1.30. The maximum Gasteiger partial charge on any atom is 0.514 e. The molecule has 0 aromatic heterocycles. The van der Waals surface area contributed by atoms with Crippen LogP contribution in [-0.2, 0) is 9.47 Å². The number of rotatable bonds is 3. The van der Waals surface area contributed by atoms with Gasteiger partial charge < -0.3 is 28.8 Å². The molecule has 0 amide bonds. The van der Waals surface area contributed by atoms with Crippen LogP contribution in [0.3, 0.4) is 0 Å². The van der Waals surface area contributed by atoms with Gasteiger partial charge in [-0.2, -0.15) is 0 Å². The van der Waals surface area contributed by atoms with Crippen LogP contribution in [0.1, 0.15) is 47.1 Å². The molecule has 0 heterocycles. The number of ether oxygens (including phenoxy) is 5. The number of phenolic OH excluding ortho intramolecular Hbond substituents is 1. The van der Waals surface area contributed by atoms with Crippen molar-refractivity contribution in [1.82, 2.24) is 0 Å². The van der Waals surface area contributed by atoms with E-state index in [2.05, 4.69) is 0 Å². The molecule has 8 heteroatoms. The topological polar surface area (TPSA) is 101 Å². The molecule has 0 unspecified atom stereocenters. The molecule has 0 radical (unpaired) electrons. The minimum absolute atomic E-state index is 0.00691. The second-order valence-electron chi connectivity index (χ2n) is 7.51. The van der Waals surface area contributed by atoms with E-state index < -0.39 is 29.3 Å². The standard InChI is InChI=1S/C18H26O8/c1-10-11(23-15(20)25-17(2,3)4)9-12(22-8)13(19)14(10)24-16(21)26-18(5,6)7/h9,19H,1-8H3. The molecule has 0 spiro atoms. The molecule has 1 aromatic carbocycles. The summed E-state index contributed by atoms with van der Waals surface area (Å²) in [4.78, 5) is 23.8. The Morgan fingerprint density at radius 3 is 1.77 bits per heavy atom. The van der Waals surface area contributed by atoms with Gasteiger partial charge in [0, 0.05) is 11.6 Å². The number of benzene rings is 1. The highest BCUT2D eigenvalue weighted by atomic mass is 16.7. The van der Waals surface area contributed by atoms with Gasteiger partial charge >= 0.3 is 12.3 Å². The number of carbonyl (C=O) groups is 2. The average molecular weight is 370 g/mol. The molecule has 26 heavy (non-hydrogen) atoms. The van der Waals surface area contributed by atoms with Gasteiger partial charge in [0.15, 0.2) is 11.5 Å². The molecule has 0 aliphatic heterocycles. The fourth-order valence-electron chi connectivity index (χ4n) is 1.80. The highest BCUT2D eigenvalue weighted by Crippen LogP contribution is 2.44. The largest absolute Gasteiger partial charge is 0.514 e. The first-order valence-electron chi connectivity index (χ1n) is 7.95. The number of phenols is 1. The van der Waals surface area contributed by atoms with Crippen LogP contribution in [0.2, 0.25) is 0 Å². The molecule has 0 saturated heterocycles. The van der Waals surface area contributed by atoms with E-state index >= 15 is 0 Å². The third-order valence-corrected chi connectivity index (χ3v) is 2.80. The molecule has 0 saturated carbocycles. The molecule has 0 aliphatic rings. The predicted molar refractivity (Wildman–Crippen MR) is 93.1 cm³/mol. The number of carbonyl (C=O) groups excluding carboxylic acids is 2. The Hall–Kier alpha value is -2.64. The summed E-state index contributed by atoms with van der Waals surface area (Å²) in [5, 5.41) is 10.2. The van der Waals surface area contributed by atoms with Crippen molar-refractivity contribution in [2.24, 2.45) is 0 Å². The van der Waals surface area contributed by atoms with Crippen LogP contribution in [0, 0.1) is 6.92 Å². The summed E-state index contributed by atoms with van der Waals surface area (Å²) in [6.45, 7) is 11.6. The van der Waals surface area contributed by atoms with Gasteiger partial charge in [-0.15, -0.1) is 0 Å². The average Bonchev–Trinajstić information content (AvgIpc) is 2.42. The van der Waals surface area contributed by atoms with Crippen LogP contribution >= 0.6 is 0 Å². The summed E-state index contributed by atoms with van der Waals surface area (Å²) in [5.74, 6) is -0.704. The fraction of sp³-hybridized carbons (Fsp3) is 0.556. The third kappa shape index (κ3) is 6.34. The minimum atomic E-state index is -1.02. The van der Waals surface area contributed by atoms with Crippen molar-refractivity contribution in [3.63, 3.8) is 0 Å². The van der Waals surface area contributed by atoms with E-state index in [0.717, 1.165) is 0 Å². The second kappa shape index (κ2) is 7.72. The fourth-order valence-corrected chi connectivity index (χ4v) is 1.80. The third-order valence-electron chi connectivity index (χ3n) is 2.80. The SMILES string of the molecule is COc1cc(OC(=O)OC(C)(C)C)c(C)c(OC(=O)OC(C)(C)C)c1O. The lowest BCUT2D eigenvalue weighted by Gasteiger charge is -2.21. The number of hydrogen-bond donors (Lipinski definition) is 1. The molecular formula is C18H26O8. The van der Waals surface area contributed by atoms with Crippen LogP contribution in [0.4, 0.5) is 9.59 Å². The first-order chi connectivity index (χ1) is 11.7. The Morgan fingerprint density at radius 1 is 0.885 bits per heavy atom. The van der Waals surface area contributed by atoms with Gasteiger partial charge in [-0.1, -0.05) is 0 Å². The van der Waals surface area contributed by atoms with Gasteiger partial charge in [-0.05, 0) is 48.5 Å². The van der Waals surface area contributed by atoms with Crippen molar-refractivity contribution in [1.29, 1.82) is 0 Å². The molecule has 1 aromatic rings. The molecule has 8 nitrogen and oxygen atoms in total. The molecule has 0 atom stereocenters. The number of methoxy groups -OCH3 is 1. The summed E-state index contributed by atoms with van der Waals surface area (Å²) in [5.41, 5.74) is -1.34. The van der Waals surface area contributed by atoms with Crippen molar-refractivity contribution < 1.29 is 38.4 Å². The van der Waals surface area contributed by atoms with Crippen LogP contribution in [0.15, 0.2) is 6.07 Å². The van der Waals surface area contributed by atoms with Gasteiger partial charge in [0.05, 0.1) is 7.11 Å². The van der Waals surface area contributed by atoms with Crippen LogP contribution in [0.5, 0.6) is 23.0 Å². The monoisotopic (exact) mass is 370 g/mol. The highest BCUT2D eigenvalue weighted by Gasteiger charge is 2.26. The van der Waals surface area contributed by atoms with Crippen LogP contribution in [0.25, 0.3) is 0 Å². The lowest BCUT2D eigenvalue weighted by Crippen LogP contribution is -2.27. The van der Waals surface area contributed by atoms with Crippen LogP contribution in [-0.4, -0.2) is 35.7 Å². The Balaban J connectivity index is 3.18. The molecule has 146 valence electrons. The molecule has 0 fully saturated rings. The summed E-state index contributed by atoms with van der Waals surface area (Å²) < 4.78 is 25.4. The molecule has 1 rings (SSSR count). The van der Waals surface area contributed by atoms with Crippen molar-refractivity contribution in [3.8, 4) is 23.0 Å². The number of aromatic hydroxyl groups is 1. The van der Waals surface area contributed by atoms with E-state index in [1.54, 1.807) is 41.5 Å². The second-order valence-corrected chi connectivity index (χ2v) is 7.51. The Morgan fingerprint density at radius 2 is 1.35 bits per heavy atom. The summed E-state index contributed by atoms with van der Waals surface area (Å²) in [6.07, 6.45) is -1.97. The smallest absolute Gasteiger partial charge is 0.502 e. The minimum Gasteiger partial charge on any atom is -0.502 e. The summed E-state index contributed by atoms with van der Waals surface area (Å²) in [6, 6.07) is 1.29. The quantitative estimate of drug-likeness (QED) is 0.619. The Labute approximate surface area is 152 Å². The molecule has 0 bridgehead atoms. The van der Waals surface area contributed by atoms with E-state index in [-0.39, 0.29) is 22.8 Å². The molecular weight excluding hydrogens is 344 g/mol. The summed E-state index contributed by atoms with van der Waals surface area (Å²) >= 11 is 0. The normalized spacial score (nSPS) is 11.5. The van der Waals surface area contributed by atoms with Crippen molar-refractivity contribution >= 4 is 12.3 Å². The lowest BCUT2D eigenvalue weighted by atomic mass is 10.1. The van der Waals surface area contributed by atoms with E-state index in [9.17, 15) is 14.7 Å². The Kier molecular flexibility index (Phi) is 6.35. The van der Waals surface area contributed by atoms with Gasteiger partial charge in [-0.25, -0.2) is 9.59 Å². The zero-order chi connectivity index (χ0) is 20.3. The molecule has 0 aliphatic carbocycles. The van der Waals surface area contributed by atoms with E-state index in [0.29, 0.717) is 0 Å².